The Kier molecular flexibility index (Phi) is 4.53. The van der Waals surface area contributed by atoms with Crippen LogP contribution >= 0.6 is 0 Å². The van der Waals surface area contributed by atoms with Gasteiger partial charge in [0.05, 0.1) is 23.3 Å². The summed E-state index contributed by atoms with van der Waals surface area (Å²) >= 11 is 0. The van der Waals surface area contributed by atoms with E-state index < -0.39 is 0 Å². The zero-order valence-corrected chi connectivity index (χ0v) is 13.6. The number of rotatable bonds is 4. The van der Waals surface area contributed by atoms with Crippen LogP contribution in [-0.2, 0) is 9.53 Å². The number of nitrogens with zero attached hydrogens (tertiary/aromatic N) is 3. The predicted molar refractivity (Wildman–Crippen MR) is 88.1 cm³/mol. The molecule has 1 aromatic rings. The van der Waals surface area contributed by atoms with E-state index in [4.69, 9.17) is 4.74 Å². The van der Waals surface area contributed by atoms with Crippen molar-refractivity contribution in [1.29, 1.82) is 5.26 Å². The third kappa shape index (κ3) is 2.91. The molecule has 0 atom stereocenters. The topological polar surface area (TPSA) is 56.6 Å². The predicted octanol–water partition coefficient (Wildman–Crippen LogP) is 2.02. The Labute approximate surface area is 137 Å². The van der Waals surface area contributed by atoms with Gasteiger partial charge in [-0.2, -0.15) is 5.26 Å². The molecule has 0 radical (unpaired) electrons. The zero-order chi connectivity index (χ0) is 16.3. The fraction of sp³-hybridized carbons (Fsp3) is 0.556. The number of para-hydroxylation sites is 1. The molecule has 23 heavy (non-hydrogen) atoms. The van der Waals surface area contributed by atoms with E-state index in [2.05, 4.69) is 11.0 Å². The normalized spacial score (nSPS) is 19.8. The summed E-state index contributed by atoms with van der Waals surface area (Å²) in [5, 5.41) is 9.24. The molecule has 1 heterocycles. The molecule has 0 aromatic heterocycles. The second kappa shape index (κ2) is 6.59. The molecule has 5 heteroatoms. The van der Waals surface area contributed by atoms with E-state index in [1.165, 1.54) is 0 Å². The van der Waals surface area contributed by atoms with Crippen molar-refractivity contribution >= 4 is 11.6 Å². The second-order valence-electron chi connectivity index (χ2n) is 6.48. The van der Waals surface area contributed by atoms with Gasteiger partial charge in [0.25, 0.3) is 0 Å². The standard InChI is InChI=1S/C18H23N3O2/c1-23-14-18(7-4-8-18)17(22)21-11-9-20(10-12-21)16-6-3-2-5-15(16)13-19/h2-3,5-6H,4,7-12,14H2,1H3. The van der Waals surface area contributed by atoms with E-state index >= 15 is 0 Å². The number of amides is 1. The van der Waals surface area contributed by atoms with Crippen molar-refractivity contribution in [2.45, 2.75) is 19.3 Å². The molecule has 1 aliphatic heterocycles. The fourth-order valence-electron chi connectivity index (χ4n) is 3.63. The van der Waals surface area contributed by atoms with E-state index in [0.29, 0.717) is 25.3 Å². The first-order valence-corrected chi connectivity index (χ1v) is 8.22. The molecule has 1 amide bonds. The number of carbonyl (C=O) groups excluding carboxylic acids is 1. The first-order valence-electron chi connectivity index (χ1n) is 8.22. The molecule has 3 rings (SSSR count). The summed E-state index contributed by atoms with van der Waals surface area (Å²) in [6.45, 7) is 3.50. The van der Waals surface area contributed by atoms with Gasteiger partial charge in [0.15, 0.2) is 0 Å². The molecular formula is C18H23N3O2. The van der Waals surface area contributed by atoms with Gasteiger partial charge in [0.2, 0.25) is 5.91 Å². The summed E-state index contributed by atoms with van der Waals surface area (Å²) in [6.07, 6.45) is 3.00. The second-order valence-corrected chi connectivity index (χ2v) is 6.48. The Morgan fingerprint density at radius 1 is 1.26 bits per heavy atom. The average Bonchev–Trinajstić information content (AvgIpc) is 2.57. The largest absolute Gasteiger partial charge is 0.384 e. The van der Waals surface area contributed by atoms with Crippen molar-refractivity contribution in [3.8, 4) is 6.07 Å². The number of ether oxygens (including phenoxy) is 1. The lowest BCUT2D eigenvalue weighted by Crippen LogP contribution is -2.56. The van der Waals surface area contributed by atoms with Gasteiger partial charge in [0, 0.05) is 33.3 Å². The van der Waals surface area contributed by atoms with E-state index in [9.17, 15) is 10.1 Å². The maximum Gasteiger partial charge on any atom is 0.231 e. The molecule has 0 spiro atoms. The molecule has 2 aliphatic rings. The molecule has 122 valence electrons. The van der Waals surface area contributed by atoms with E-state index in [1.807, 2.05) is 29.2 Å². The fourth-order valence-corrected chi connectivity index (χ4v) is 3.63. The highest BCUT2D eigenvalue weighted by atomic mass is 16.5. The van der Waals surface area contributed by atoms with Gasteiger partial charge in [-0.05, 0) is 25.0 Å². The SMILES string of the molecule is COCC1(C(=O)N2CCN(c3ccccc3C#N)CC2)CCC1. The van der Waals surface area contributed by atoms with Crippen molar-refractivity contribution in [1.82, 2.24) is 4.90 Å². The van der Waals surface area contributed by atoms with Crippen LogP contribution in [0.4, 0.5) is 5.69 Å². The van der Waals surface area contributed by atoms with Crippen LogP contribution in [0.2, 0.25) is 0 Å². The maximum atomic E-state index is 12.8. The monoisotopic (exact) mass is 313 g/mol. The summed E-state index contributed by atoms with van der Waals surface area (Å²) in [7, 11) is 1.67. The lowest BCUT2D eigenvalue weighted by atomic mass is 9.68. The van der Waals surface area contributed by atoms with E-state index in [-0.39, 0.29) is 11.3 Å². The molecule has 0 bridgehead atoms. The summed E-state index contributed by atoms with van der Waals surface area (Å²) in [6, 6.07) is 9.91. The van der Waals surface area contributed by atoms with Crippen molar-refractivity contribution in [3.05, 3.63) is 29.8 Å². The van der Waals surface area contributed by atoms with Gasteiger partial charge < -0.3 is 14.5 Å². The van der Waals surface area contributed by atoms with E-state index in [1.54, 1.807) is 7.11 Å². The summed E-state index contributed by atoms with van der Waals surface area (Å²) in [5.41, 5.74) is 1.39. The van der Waals surface area contributed by atoms with Gasteiger partial charge in [0.1, 0.15) is 6.07 Å². The maximum absolute atomic E-state index is 12.8. The number of methoxy groups -OCH3 is 1. The van der Waals surface area contributed by atoms with Crippen molar-refractivity contribution in [3.63, 3.8) is 0 Å². The van der Waals surface area contributed by atoms with Gasteiger partial charge in [-0.1, -0.05) is 18.6 Å². The minimum atomic E-state index is -0.276. The first-order chi connectivity index (χ1) is 11.2. The van der Waals surface area contributed by atoms with Crippen molar-refractivity contribution in [2.75, 3.05) is 44.8 Å². The minimum Gasteiger partial charge on any atom is -0.384 e. The number of carbonyl (C=O) groups is 1. The number of hydrogen-bond acceptors (Lipinski definition) is 4. The van der Waals surface area contributed by atoms with Crippen LogP contribution in [0.5, 0.6) is 0 Å². The zero-order valence-electron chi connectivity index (χ0n) is 13.6. The van der Waals surface area contributed by atoms with Gasteiger partial charge >= 0.3 is 0 Å². The molecule has 1 aliphatic carbocycles. The van der Waals surface area contributed by atoms with Crippen LogP contribution in [0.15, 0.2) is 24.3 Å². The van der Waals surface area contributed by atoms with Crippen LogP contribution in [0.3, 0.4) is 0 Å². The molecule has 2 fully saturated rings. The quantitative estimate of drug-likeness (QED) is 0.853. The number of hydrogen-bond donors (Lipinski definition) is 0. The molecule has 0 unspecified atom stereocenters. The first kappa shape index (κ1) is 15.8. The Morgan fingerprint density at radius 2 is 1.96 bits per heavy atom. The molecule has 1 aromatic carbocycles. The highest BCUT2D eigenvalue weighted by molar-refractivity contribution is 5.84. The Balaban J connectivity index is 1.65. The Bertz CT molecular complexity index is 611. The third-order valence-corrected chi connectivity index (χ3v) is 5.12. The molecule has 1 saturated carbocycles. The van der Waals surface area contributed by atoms with Gasteiger partial charge in [-0.15, -0.1) is 0 Å². The van der Waals surface area contributed by atoms with Gasteiger partial charge in [-0.25, -0.2) is 0 Å². The lowest BCUT2D eigenvalue weighted by Gasteiger charge is -2.45. The molecule has 5 nitrogen and oxygen atoms in total. The lowest BCUT2D eigenvalue weighted by molar-refractivity contribution is -0.152. The van der Waals surface area contributed by atoms with Crippen LogP contribution in [-0.4, -0.2) is 50.7 Å². The highest BCUT2D eigenvalue weighted by Crippen LogP contribution is 2.43. The van der Waals surface area contributed by atoms with Crippen LogP contribution < -0.4 is 4.90 Å². The van der Waals surface area contributed by atoms with Gasteiger partial charge in [-0.3, -0.25) is 4.79 Å². The Hall–Kier alpha value is -2.06. The summed E-state index contributed by atoms with van der Waals surface area (Å²) < 4.78 is 5.29. The Morgan fingerprint density at radius 3 is 2.52 bits per heavy atom. The van der Waals surface area contributed by atoms with Crippen LogP contribution in [0.1, 0.15) is 24.8 Å². The van der Waals surface area contributed by atoms with Crippen LogP contribution in [0.25, 0.3) is 0 Å². The number of nitriles is 1. The average molecular weight is 313 g/mol. The third-order valence-electron chi connectivity index (χ3n) is 5.12. The molecule has 1 saturated heterocycles. The molecular weight excluding hydrogens is 290 g/mol. The summed E-state index contributed by atoms with van der Waals surface area (Å²) in [4.78, 5) is 17.0. The van der Waals surface area contributed by atoms with Crippen molar-refractivity contribution < 1.29 is 9.53 Å². The highest BCUT2D eigenvalue weighted by Gasteiger charge is 2.46. The number of benzene rings is 1. The number of piperazine rings is 1. The van der Waals surface area contributed by atoms with Crippen LogP contribution in [0, 0.1) is 16.7 Å². The van der Waals surface area contributed by atoms with E-state index in [0.717, 1.165) is 38.0 Å². The summed E-state index contributed by atoms with van der Waals surface area (Å²) in [5.74, 6) is 0.249. The molecule has 0 N–H and O–H groups in total. The minimum absolute atomic E-state index is 0.249. The smallest absolute Gasteiger partial charge is 0.231 e. The van der Waals surface area contributed by atoms with Crippen molar-refractivity contribution in [2.24, 2.45) is 5.41 Å². The number of anilines is 1.